The van der Waals surface area contributed by atoms with E-state index in [0.29, 0.717) is 23.5 Å². The lowest BCUT2D eigenvalue weighted by atomic mass is 10.1. The number of hydrogen-bond donors (Lipinski definition) is 1. The number of aromatic carboxylic acids is 1. The van der Waals surface area contributed by atoms with Crippen molar-refractivity contribution in [1.29, 1.82) is 0 Å². The van der Waals surface area contributed by atoms with Crippen molar-refractivity contribution in [2.24, 2.45) is 0 Å². The summed E-state index contributed by atoms with van der Waals surface area (Å²) in [5, 5.41) is 9.84. The molecule has 104 valence electrons. The molecule has 0 radical (unpaired) electrons. The van der Waals surface area contributed by atoms with E-state index in [2.05, 4.69) is 30.3 Å². The van der Waals surface area contributed by atoms with Gasteiger partial charge in [-0.15, -0.1) is 6.58 Å². The number of fused-ring (bicyclic) bond motifs is 1. The van der Waals surface area contributed by atoms with Crippen LogP contribution in [0, 0.1) is 0 Å². The Balaban J connectivity index is 2.54. The van der Waals surface area contributed by atoms with Gasteiger partial charge in [-0.25, -0.2) is 9.78 Å². The quantitative estimate of drug-likeness (QED) is 0.847. The van der Waals surface area contributed by atoms with Crippen molar-refractivity contribution in [3.8, 4) is 0 Å². The summed E-state index contributed by atoms with van der Waals surface area (Å²) in [5.41, 5.74) is 0.971. The van der Waals surface area contributed by atoms with Gasteiger partial charge in [-0.1, -0.05) is 12.1 Å². The second kappa shape index (κ2) is 5.74. The van der Waals surface area contributed by atoms with Gasteiger partial charge in [0.15, 0.2) is 0 Å². The van der Waals surface area contributed by atoms with E-state index in [4.69, 9.17) is 0 Å². The standard InChI is InChI=1S/C16H18N2O2/c1-4-10-18(11(2)3)15-9-8-12-13(16(19)20)6-5-7-14(12)17-15/h4-9,11H,1,10H2,2-3H3,(H,19,20). The van der Waals surface area contributed by atoms with Crippen LogP contribution in [0.15, 0.2) is 43.0 Å². The molecule has 1 aromatic heterocycles. The first-order valence-corrected chi connectivity index (χ1v) is 6.55. The maximum Gasteiger partial charge on any atom is 0.336 e. The van der Waals surface area contributed by atoms with Crippen LogP contribution < -0.4 is 4.90 Å². The fourth-order valence-corrected chi connectivity index (χ4v) is 2.20. The molecule has 0 fully saturated rings. The predicted molar refractivity (Wildman–Crippen MR) is 81.4 cm³/mol. The Kier molecular flexibility index (Phi) is 4.03. The summed E-state index contributed by atoms with van der Waals surface area (Å²) in [6, 6.07) is 9.11. The lowest BCUT2D eigenvalue weighted by Crippen LogP contribution is -2.31. The molecule has 0 spiro atoms. The van der Waals surface area contributed by atoms with Crippen molar-refractivity contribution in [3.05, 3.63) is 48.6 Å². The molecule has 0 atom stereocenters. The SMILES string of the molecule is C=CCN(c1ccc2c(C(=O)O)cccc2n1)C(C)C. The topological polar surface area (TPSA) is 53.4 Å². The molecule has 1 aromatic carbocycles. The molecule has 1 N–H and O–H groups in total. The maximum absolute atomic E-state index is 11.2. The summed E-state index contributed by atoms with van der Waals surface area (Å²) in [7, 11) is 0. The van der Waals surface area contributed by atoms with Crippen molar-refractivity contribution in [2.75, 3.05) is 11.4 Å². The third-order valence-corrected chi connectivity index (χ3v) is 3.19. The van der Waals surface area contributed by atoms with Gasteiger partial charge in [0.05, 0.1) is 11.1 Å². The van der Waals surface area contributed by atoms with Gasteiger partial charge in [0.1, 0.15) is 5.82 Å². The number of rotatable bonds is 5. The molecule has 0 saturated carbocycles. The zero-order valence-electron chi connectivity index (χ0n) is 11.7. The highest BCUT2D eigenvalue weighted by atomic mass is 16.4. The Hall–Kier alpha value is -2.36. The van der Waals surface area contributed by atoms with Gasteiger partial charge in [0.25, 0.3) is 0 Å². The maximum atomic E-state index is 11.2. The fourth-order valence-electron chi connectivity index (χ4n) is 2.20. The number of carboxylic acid groups (broad SMARTS) is 1. The van der Waals surface area contributed by atoms with Crippen LogP contribution in [0.25, 0.3) is 10.9 Å². The average Bonchev–Trinajstić information content (AvgIpc) is 2.43. The molecule has 0 saturated heterocycles. The number of hydrogen-bond acceptors (Lipinski definition) is 3. The molecular formula is C16H18N2O2. The summed E-state index contributed by atoms with van der Waals surface area (Å²) in [6.07, 6.45) is 1.83. The summed E-state index contributed by atoms with van der Waals surface area (Å²) in [6.45, 7) is 8.64. The van der Waals surface area contributed by atoms with Crippen LogP contribution in [-0.4, -0.2) is 28.6 Å². The fraction of sp³-hybridized carbons (Fsp3) is 0.250. The van der Waals surface area contributed by atoms with Crippen molar-refractivity contribution in [2.45, 2.75) is 19.9 Å². The molecule has 1 heterocycles. The third-order valence-electron chi connectivity index (χ3n) is 3.19. The Morgan fingerprint density at radius 3 is 2.75 bits per heavy atom. The van der Waals surface area contributed by atoms with Crippen LogP contribution in [0.2, 0.25) is 0 Å². The second-order valence-corrected chi connectivity index (χ2v) is 4.88. The smallest absolute Gasteiger partial charge is 0.336 e. The number of pyridine rings is 1. The third kappa shape index (κ3) is 2.64. The lowest BCUT2D eigenvalue weighted by molar-refractivity contribution is 0.0699. The first kappa shape index (κ1) is 14.1. The van der Waals surface area contributed by atoms with Crippen LogP contribution in [0.5, 0.6) is 0 Å². The Morgan fingerprint density at radius 1 is 1.40 bits per heavy atom. The Bertz CT molecular complexity index is 650. The van der Waals surface area contributed by atoms with Gasteiger partial charge in [0, 0.05) is 18.0 Å². The number of aromatic nitrogens is 1. The minimum atomic E-state index is -0.933. The molecule has 0 bridgehead atoms. The van der Waals surface area contributed by atoms with Crippen LogP contribution in [-0.2, 0) is 0 Å². The molecule has 0 amide bonds. The normalized spacial score (nSPS) is 10.8. The molecule has 0 aliphatic carbocycles. The lowest BCUT2D eigenvalue weighted by Gasteiger charge is -2.26. The van der Waals surface area contributed by atoms with E-state index >= 15 is 0 Å². The molecule has 0 aliphatic heterocycles. The van der Waals surface area contributed by atoms with Crippen molar-refractivity contribution < 1.29 is 9.90 Å². The van der Waals surface area contributed by atoms with Crippen LogP contribution in [0.1, 0.15) is 24.2 Å². The molecule has 2 aromatic rings. The number of benzene rings is 1. The number of nitrogens with zero attached hydrogens (tertiary/aromatic N) is 2. The average molecular weight is 270 g/mol. The van der Waals surface area contributed by atoms with Crippen LogP contribution in [0.4, 0.5) is 5.82 Å². The Labute approximate surface area is 118 Å². The molecule has 4 nitrogen and oxygen atoms in total. The molecule has 2 rings (SSSR count). The summed E-state index contributed by atoms with van der Waals surface area (Å²) in [4.78, 5) is 17.9. The van der Waals surface area contributed by atoms with E-state index in [-0.39, 0.29) is 5.56 Å². The van der Waals surface area contributed by atoms with E-state index < -0.39 is 5.97 Å². The first-order valence-electron chi connectivity index (χ1n) is 6.55. The zero-order chi connectivity index (χ0) is 14.7. The van der Waals surface area contributed by atoms with Crippen LogP contribution >= 0.6 is 0 Å². The molecule has 4 heteroatoms. The number of anilines is 1. The second-order valence-electron chi connectivity index (χ2n) is 4.88. The minimum absolute atomic E-state index is 0.279. The Morgan fingerprint density at radius 2 is 2.15 bits per heavy atom. The summed E-state index contributed by atoms with van der Waals surface area (Å²) in [5.74, 6) is -0.105. The van der Waals surface area contributed by atoms with E-state index in [1.807, 2.05) is 24.3 Å². The highest BCUT2D eigenvalue weighted by molar-refractivity contribution is 6.02. The zero-order valence-corrected chi connectivity index (χ0v) is 11.7. The van der Waals surface area contributed by atoms with Crippen molar-refractivity contribution in [1.82, 2.24) is 4.98 Å². The van der Waals surface area contributed by atoms with E-state index in [0.717, 1.165) is 5.82 Å². The van der Waals surface area contributed by atoms with Gasteiger partial charge >= 0.3 is 5.97 Å². The van der Waals surface area contributed by atoms with Gasteiger partial charge in [0.2, 0.25) is 0 Å². The molecule has 0 aliphatic rings. The molecular weight excluding hydrogens is 252 g/mol. The van der Waals surface area contributed by atoms with Crippen LogP contribution in [0.3, 0.4) is 0 Å². The molecule has 0 unspecified atom stereocenters. The highest BCUT2D eigenvalue weighted by Gasteiger charge is 2.13. The molecule has 20 heavy (non-hydrogen) atoms. The van der Waals surface area contributed by atoms with Gasteiger partial charge in [-0.2, -0.15) is 0 Å². The summed E-state index contributed by atoms with van der Waals surface area (Å²) < 4.78 is 0. The number of carbonyl (C=O) groups is 1. The summed E-state index contributed by atoms with van der Waals surface area (Å²) >= 11 is 0. The number of carboxylic acids is 1. The van der Waals surface area contributed by atoms with E-state index in [1.165, 1.54) is 0 Å². The van der Waals surface area contributed by atoms with Gasteiger partial charge < -0.3 is 10.0 Å². The highest BCUT2D eigenvalue weighted by Crippen LogP contribution is 2.22. The van der Waals surface area contributed by atoms with Gasteiger partial charge in [-0.05, 0) is 38.1 Å². The largest absolute Gasteiger partial charge is 0.478 e. The van der Waals surface area contributed by atoms with Crippen molar-refractivity contribution >= 4 is 22.7 Å². The van der Waals surface area contributed by atoms with E-state index in [9.17, 15) is 9.90 Å². The minimum Gasteiger partial charge on any atom is -0.478 e. The first-order chi connectivity index (χ1) is 9.54. The van der Waals surface area contributed by atoms with E-state index in [1.54, 1.807) is 12.1 Å². The predicted octanol–water partition coefficient (Wildman–Crippen LogP) is 3.33. The van der Waals surface area contributed by atoms with Crippen molar-refractivity contribution in [3.63, 3.8) is 0 Å². The van der Waals surface area contributed by atoms with Gasteiger partial charge in [-0.3, -0.25) is 0 Å². The monoisotopic (exact) mass is 270 g/mol.